The van der Waals surface area contributed by atoms with Crippen LogP contribution in [0.4, 0.5) is 5.69 Å². The Morgan fingerprint density at radius 2 is 1.69 bits per heavy atom. The Morgan fingerprint density at radius 1 is 0.971 bits per heavy atom. The number of nitrogens with one attached hydrogen (secondary N) is 1. The number of sulfonamides is 1. The molecule has 3 aromatic carbocycles. The van der Waals surface area contributed by atoms with Crippen molar-refractivity contribution in [3.63, 3.8) is 0 Å². The first-order valence-electron chi connectivity index (χ1n) is 10.7. The van der Waals surface area contributed by atoms with Gasteiger partial charge in [-0.05, 0) is 42.0 Å². The van der Waals surface area contributed by atoms with Crippen LogP contribution in [0.3, 0.4) is 0 Å². The van der Waals surface area contributed by atoms with Crippen molar-refractivity contribution in [3.8, 4) is 17.2 Å². The van der Waals surface area contributed by atoms with Crippen LogP contribution < -0.4 is 23.8 Å². The zero-order valence-electron chi connectivity index (χ0n) is 19.7. The Bertz CT molecular complexity index is 1270. The number of hydrogen-bond acceptors (Lipinski definition) is 6. The van der Waals surface area contributed by atoms with Gasteiger partial charge in [-0.25, -0.2) is 8.42 Å². The summed E-state index contributed by atoms with van der Waals surface area (Å²) in [6.45, 7) is 0.626. The summed E-state index contributed by atoms with van der Waals surface area (Å²) in [6, 6.07) is 18.7. The summed E-state index contributed by atoms with van der Waals surface area (Å²) in [6.07, 6.45) is 1.13. The zero-order valence-corrected chi connectivity index (χ0v) is 21.2. The predicted octanol–water partition coefficient (Wildman–Crippen LogP) is 4.13. The Balaban J connectivity index is 1.64. The number of amides is 1. The summed E-state index contributed by atoms with van der Waals surface area (Å²) < 4.78 is 42.5. The van der Waals surface area contributed by atoms with E-state index in [4.69, 9.17) is 25.8 Å². The number of nitrogens with zero attached hydrogens (tertiary/aromatic N) is 1. The molecule has 0 fully saturated rings. The third kappa shape index (κ3) is 7.03. The van der Waals surface area contributed by atoms with Crippen molar-refractivity contribution in [2.75, 3.05) is 37.9 Å². The monoisotopic (exact) mass is 518 g/mol. The van der Waals surface area contributed by atoms with E-state index in [2.05, 4.69) is 5.32 Å². The maximum atomic E-state index is 12.6. The molecular formula is C25H27ClN2O6S. The lowest BCUT2D eigenvalue weighted by Gasteiger charge is -2.24. The average molecular weight is 519 g/mol. The maximum Gasteiger partial charge on any atom is 0.251 e. The van der Waals surface area contributed by atoms with Crippen molar-refractivity contribution in [3.05, 3.63) is 82.9 Å². The van der Waals surface area contributed by atoms with Crippen LogP contribution >= 0.6 is 11.6 Å². The zero-order chi connectivity index (χ0) is 25.4. The molecule has 3 rings (SSSR count). The van der Waals surface area contributed by atoms with E-state index in [0.717, 1.165) is 6.26 Å². The van der Waals surface area contributed by atoms with Gasteiger partial charge in [-0.2, -0.15) is 0 Å². The minimum Gasteiger partial charge on any atom is -0.497 e. The van der Waals surface area contributed by atoms with Gasteiger partial charge in [0.1, 0.15) is 23.9 Å². The fraction of sp³-hybridized carbons (Fsp3) is 0.240. The highest BCUT2D eigenvalue weighted by molar-refractivity contribution is 7.92. The van der Waals surface area contributed by atoms with Crippen LogP contribution in [0.25, 0.3) is 0 Å². The molecule has 0 aliphatic rings. The second-order valence-electron chi connectivity index (χ2n) is 7.54. The largest absolute Gasteiger partial charge is 0.497 e. The number of carbonyl (C=O) groups excluding carboxylic acids is 1. The van der Waals surface area contributed by atoms with Gasteiger partial charge in [-0.3, -0.25) is 9.10 Å². The van der Waals surface area contributed by atoms with Crippen LogP contribution in [-0.2, 0) is 16.6 Å². The highest BCUT2D eigenvalue weighted by atomic mass is 35.5. The summed E-state index contributed by atoms with van der Waals surface area (Å²) >= 11 is 6.04. The first-order valence-corrected chi connectivity index (χ1v) is 12.9. The number of rotatable bonds is 11. The molecule has 186 valence electrons. The highest BCUT2D eigenvalue weighted by Gasteiger charge is 2.22. The van der Waals surface area contributed by atoms with Gasteiger partial charge in [0.05, 0.1) is 44.3 Å². The van der Waals surface area contributed by atoms with E-state index < -0.39 is 10.0 Å². The fourth-order valence-electron chi connectivity index (χ4n) is 3.29. The first kappa shape index (κ1) is 26.2. The summed E-state index contributed by atoms with van der Waals surface area (Å²) in [4.78, 5) is 12.5. The van der Waals surface area contributed by atoms with Gasteiger partial charge >= 0.3 is 0 Å². The molecule has 0 bridgehead atoms. The normalized spacial score (nSPS) is 11.0. The van der Waals surface area contributed by atoms with E-state index in [9.17, 15) is 13.2 Å². The molecule has 0 radical (unpaired) electrons. The molecule has 0 heterocycles. The molecule has 1 N–H and O–H groups in total. The van der Waals surface area contributed by atoms with Gasteiger partial charge in [0.25, 0.3) is 5.91 Å². The average Bonchev–Trinajstić information content (AvgIpc) is 2.85. The van der Waals surface area contributed by atoms with E-state index in [-0.39, 0.29) is 19.1 Å². The van der Waals surface area contributed by atoms with Crippen molar-refractivity contribution >= 4 is 33.2 Å². The Hall–Kier alpha value is -3.43. The van der Waals surface area contributed by atoms with Crippen molar-refractivity contribution in [1.29, 1.82) is 0 Å². The third-order valence-corrected chi connectivity index (χ3v) is 6.52. The number of para-hydroxylation sites is 1. The van der Waals surface area contributed by atoms with Crippen molar-refractivity contribution < 1.29 is 27.4 Å². The maximum absolute atomic E-state index is 12.6. The van der Waals surface area contributed by atoms with Crippen LogP contribution in [0, 0.1) is 0 Å². The van der Waals surface area contributed by atoms with Gasteiger partial charge in [0, 0.05) is 11.6 Å². The summed E-state index contributed by atoms with van der Waals surface area (Å²) in [5.74, 6) is 1.20. The van der Waals surface area contributed by atoms with Gasteiger partial charge in [0.15, 0.2) is 0 Å². The van der Waals surface area contributed by atoms with E-state index in [1.165, 1.54) is 18.5 Å². The number of benzene rings is 3. The second kappa shape index (κ2) is 11.8. The lowest BCUT2D eigenvalue weighted by Crippen LogP contribution is -2.30. The van der Waals surface area contributed by atoms with Gasteiger partial charge < -0.3 is 19.5 Å². The number of anilines is 1. The molecule has 1 amide bonds. The summed E-state index contributed by atoms with van der Waals surface area (Å²) in [5.41, 5.74) is 1.53. The number of carbonyl (C=O) groups is 1. The van der Waals surface area contributed by atoms with E-state index in [0.29, 0.717) is 45.6 Å². The van der Waals surface area contributed by atoms with E-state index >= 15 is 0 Å². The molecule has 0 saturated carbocycles. The molecule has 0 spiro atoms. The Labute approximate surface area is 210 Å². The summed E-state index contributed by atoms with van der Waals surface area (Å²) in [7, 11) is -0.642. The number of hydrogen-bond donors (Lipinski definition) is 1. The fourth-order valence-corrected chi connectivity index (χ4v) is 4.37. The predicted molar refractivity (Wildman–Crippen MR) is 136 cm³/mol. The molecule has 10 heteroatoms. The summed E-state index contributed by atoms with van der Waals surface area (Å²) in [5, 5.41) is 3.29. The molecule has 3 aromatic rings. The lowest BCUT2D eigenvalue weighted by molar-refractivity contribution is 0.0947. The van der Waals surface area contributed by atoms with E-state index in [1.54, 1.807) is 54.6 Å². The molecule has 0 unspecified atom stereocenters. The van der Waals surface area contributed by atoms with Crippen LogP contribution in [0.5, 0.6) is 17.2 Å². The van der Waals surface area contributed by atoms with E-state index in [1.807, 2.05) is 12.1 Å². The van der Waals surface area contributed by atoms with Crippen LogP contribution in [-0.4, -0.2) is 48.0 Å². The van der Waals surface area contributed by atoms with Gasteiger partial charge in [-0.15, -0.1) is 0 Å². The van der Waals surface area contributed by atoms with Crippen molar-refractivity contribution in [1.82, 2.24) is 5.32 Å². The molecule has 0 saturated heterocycles. The minimum atomic E-state index is -3.63. The standard InChI is InChI=1S/C25H27ClN2O6S/c1-32-20-12-13-22(24(16-20)33-2)28(35(3,30)31)17-18-8-10-19(11-9-18)25(29)27-14-15-34-23-7-5-4-6-21(23)26/h4-13,16H,14-15,17H2,1-3H3,(H,27,29). The van der Waals surface area contributed by atoms with Crippen LogP contribution in [0.15, 0.2) is 66.7 Å². The highest BCUT2D eigenvalue weighted by Crippen LogP contribution is 2.34. The number of ether oxygens (including phenoxy) is 3. The molecule has 35 heavy (non-hydrogen) atoms. The Kier molecular flexibility index (Phi) is 8.84. The van der Waals surface area contributed by atoms with Crippen molar-refractivity contribution in [2.45, 2.75) is 6.54 Å². The smallest absolute Gasteiger partial charge is 0.251 e. The molecular weight excluding hydrogens is 492 g/mol. The first-order chi connectivity index (χ1) is 16.7. The molecule has 0 aliphatic carbocycles. The lowest BCUT2D eigenvalue weighted by atomic mass is 10.1. The molecule has 0 atom stereocenters. The quantitative estimate of drug-likeness (QED) is 0.383. The molecule has 0 aliphatic heterocycles. The van der Waals surface area contributed by atoms with Gasteiger partial charge in [-0.1, -0.05) is 35.9 Å². The molecule has 0 aromatic heterocycles. The number of methoxy groups -OCH3 is 2. The second-order valence-corrected chi connectivity index (χ2v) is 9.85. The Morgan fingerprint density at radius 3 is 2.31 bits per heavy atom. The topological polar surface area (TPSA) is 94.2 Å². The van der Waals surface area contributed by atoms with Crippen LogP contribution in [0.1, 0.15) is 15.9 Å². The minimum absolute atomic E-state index is 0.0646. The number of halogens is 1. The third-order valence-electron chi connectivity index (χ3n) is 5.08. The van der Waals surface area contributed by atoms with Gasteiger partial charge in [0.2, 0.25) is 10.0 Å². The molecule has 8 nitrogen and oxygen atoms in total. The SMILES string of the molecule is COc1ccc(N(Cc2ccc(C(=O)NCCOc3ccccc3Cl)cc2)S(C)(=O)=O)c(OC)c1. The van der Waals surface area contributed by atoms with Crippen molar-refractivity contribution in [2.24, 2.45) is 0 Å². The van der Waals surface area contributed by atoms with Crippen LogP contribution in [0.2, 0.25) is 5.02 Å².